The number of ether oxygens (including phenoxy) is 2. The first-order valence-corrected chi connectivity index (χ1v) is 5.18. The highest BCUT2D eigenvalue weighted by atomic mass is 16.6. The van der Waals surface area contributed by atoms with Crippen LogP contribution in [0.4, 0.5) is 4.79 Å². The number of hydrogen-bond acceptors (Lipinski definition) is 3. The third kappa shape index (κ3) is 3.15. The molecule has 4 heteroatoms. The normalized spacial score (nSPS) is 9.69. The molecular weight excluding hydrogens is 206 g/mol. The Bertz CT molecular complexity index is 352. The van der Waals surface area contributed by atoms with Gasteiger partial charge in [-0.25, -0.2) is 4.79 Å². The standard InChI is InChI=1S/C12H17NO3/c1-4-16-12(14)13(2)9-10-7-5-6-8-11(10)15-3/h5-8H,4,9H2,1-3H3. The van der Waals surface area contributed by atoms with Crippen LogP contribution < -0.4 is 4.74 Å². The predicted octanol–water partition coefficient (Wildman–Crippen LogP) is 2.28. The number of amides is 1. The zero-order chi connectivity index (χ0) is 12.0. The second kappa shape index (κ2) is 6.00. The molecule has 0 aliphatic heterocycles. The van der Waals surface area contributed by atoms with Gasteiger partial charge >= 0.3 is 6.09 Å². The summed E-state index contributed by atoms with van der Waals surface area (Å²) in [7, 11) is 3.31. The van der Waals surface area contributed by atoms with E-state index in [1.807, 2.05) is 24.3 Å². The maximum absolute atomic E-state index is 11.4. The molecule has 1 aromatic rings. The lowest BCUT2D eigenvalue weighted by atomic mass is 10.2. The lowest BCUT2D eigenvalue weighted by Gasteiger charge is -2.17. The second-order valence-electron chi connectivity index (χ2n) is 3.37. The Balaban J connectivity index is 2.68. The van der Waals surface area contributed by atoms with Crippen LogP contribution in [0.2, 0.25) is 0 Å². The molecule has 0 heterocycles. The maximum Gasteiger partial charge on any atom is 0.409 e. The summed E-state index contributed by atoms with van der Waals surface area (Å²) in [6.45, 7) is 2.65. The summed E-state index contributed by atoms with van der Waals surface area (Å²) >= 11 is 0. The molecule has 0 spiro atoms. The molecule has 0 unspecified atom stereocenters. The molecule has 0 aliphatic rings. The Hall–Kier alpha value is -1.71. The molecule has 16 heavy (non-hydrogen) atoms. The predicted molar refractivity (Wildman–Crippen MR) is 61.5 cm³/mol. The molecule has 0 bridgehead atoms. The fourth-order valence-electron chi connectivity index (χ4n) is 1.39. The van der Waals surface area contributed by atoms with E-state index in [4.69, 9.17) is 9.47 Å². The van der Waals surface area contributed by atoms with Crippen molar-refractivity contribution in [3.63, 3.8) is 0 Å². The number of rotatable bonds is 4. The molecule has 0 N–H and O–H groups in total. The van der Waals surface area contributed by atoms with Crippen molar-refractivity contribution in [3.8, 4) is 5.75 Å². The first-order valence-electron chi connectivity index (χ1n) is 5.18. The van der Waals surface area contributed by atoms with Gasteiger partial charge in [-0.2, -0.15) is 0 Å². The third-order valence-electron chi connectivity index (χ3n) is 2.18. The minimum absolute atomic E-state index is 0.326. The van der Waals surface area contributed by atoms with Gasteiger partial charge in [-0.3, -0.25) is 0 Å². The Morgan fingerprint density at radius 2 is 2.06 bits per heavy atom. The van der Waals surface area contributed by atoms with Gasteiger partial charge in [-0.05, 0) is 13.0 Å². The topological polar surface area (TPSA) is 38.8 Å². The largest absolute Gasteiger partial charge is 0.496 e. The van der Waals surface area contributed by atoms with Gasteiger partial charge in [0.15, 0.2) is 0 Å². The average Bonchev–Trinajstić information content (AvgIpc) is 2.30. The van der Waals surface area contributed by atoms with Crippen LogP contribution in [0.3, 0.4) is 0 Å². The molecule has 88 valence electrons. The zero-order valence-electron chi connectivity index (χ0n) is 9.90. The summed E-state index contributed by atoms with van der Waals surface area (Å²) in [5.41, 5.74) is 0.959. The van der Waals surface area contributed by atoms with Gasteiger partial charge in [-0.15, -0.1) is 0 Å². The highest BCUT2D eigenvalue weighted by Gasteiger charge is 2.11. The van der Waals surface area contributed by atoms with Gasteiger partial charge in [0.05, 0.1) is 20.3 Å². The average molecular weight is 223 g/mol. The van der Waals surface area contributed by atoms with E-state index in [1.165, 1.54) is 4.90 Å². The van der Waals surface area contributed by atoms with Crippen molar-refractivity contribution in [2.24, 2.45) is 0 Å². The smallest absolute Gasteiger partial charge is 0.409 e. The third-order valence-corrected chi connectivity index (χ3v) is 2.18. The van der Waals surface area contributed by atoms with Crippen molar-refractivity contribution in [1.82, 2.24) is 4.90 Å². The van der Waals surface area contributed by atoms with E-state index in [0.29, 0.717) is 13.2 Å². The zero-order valence-corrected chi connectivity index (χ0v) is 9.90. The molecule has 0 saturated carbocycles. The number of carbonyl (C=O) groups excluding carboxylic acids is 1. The van der Waals surface area contributed by atoms with E-state index in [1.54, 1.807) is 21.1 Å². The molecule has 1 aromatic carbocycles. The highest BCUT2D eigenvalue weighted by Crippen LogP contribution is 2.18. The molecule has 0 aliphatic carbocycles. The van der Waals surface area contributed by atoms with Crippen LogP contribution in [0.15, 0.2) is 24.3 Å². The molecular formula is C12H17NO3. The number of hydrogen-bond donors (Lipinski definition) is 0. The van der Waals surface area contributed by atoms with E-state index in [9.17, 15) is 4.79 Å². The van der Waals surface area contributed by atoms with Crippen LogP contribution >= 0.6 is 0 Å². The number of methoxy groups -OCH3 is 1. The Morgan fingerprint density at radius 3 is 2.69 bits per heavy atom. The number of nitrogens with zero attached hydrogens (tertiary/aromatic N) is 1. The minimum Gasteiger partial charge on any atom is -0.496 e. The van der Waals surface area contributed by atoms with Crippen LogP contribution in [-0.4, -0.2) is 31.8 Å². The fourth-order valence-corrected chi connectivity index (χ4v) is 1.39. The summed E-state index contributed by atoms with van der Waals surface area (Å²) in [4.78, 5) is 12.9. The number of carbonyl (C=O) groups is 1. The molecule has 4 nitrogen and oxygen atoms in total. The SMILES string of the molecule is CCOC(=O)N(C)Cc1ccccc1OC. The lowest BCUT2D eigenvalue weighted by molar-refractivity contribution is 0.114. The Morgan fingerprint density at radius 1 is 1.38 bits per heavy atom. The molecule has 0 fully saturated rings. The van der Waals surface area contributed by atoms with Gasteiger partial charge in [-0.1, -0.05) is 18.2 Å². The van der Waals surface area contributed by atoms with E-state index >= 15 is 0 Å². The van der Waals surface area contributed by atoms with E-state index in [0.717, 1.165) is 11.3 Å². The van der Waals surface area contributed by atoms with Crippen molar-refractivity contribution >= 4 is 6.09 Å². The van der Waals surface area contributed by atoms with Crippen molar-refractivity contribution in [2.45, 2.75) is 13.5 Å². The molecule has 1 amide bonds. The first kappa shape index (κ1) is 12.4. The van der Waals surface area contributed by atoms with Crippen LogP contribution in [-0.2, 0) is 11.3 Å². The van der Waals surface area contributed by atoms with Gasteiger partial charge in [0.2, 0.25) is 0 Å². The quantitative estimate of drug-likeness (QED) is 0.786. The summed E-state index contributed by atoms with van der Waals surface area (Å²) < 4.78 is 10.1. The summed E-state index contributed by atoms with van der Waals surface area (Å²) in [6.07, 6.45) is -0.326. The van der Waals surface area contributed by atoms with Crippen LogP contribution in [0.25, 0.3) is 0 Å². The monoisotopic (exact) mass is 223 g/mol. The molecule has 0 atom stereocenters. The van der Waals surface area contributed by atoms with E-state index < -0.39 is 0 Å². The Labute approximate surface area is 95.8 Å². The highest BCUT2D eigenvalue weighted by molar-refractivity contribution is 5.67. The molecule has 0 saturated heterocycles. The van der Waals surface area contributed by atoms with E-state index in [2.05, 4.69) is 0 Å². The van der Waals surface area contributed by atoms with Crippen molar-refractivity contribution in [2.75, 3.05) is 20.8 Å². The lowest BCUT2D eigenvalue weighted by Crippen LogP contribution is -2.27. The second-order valence-corrected chi connectivity index (χ2v) is 3.37. The number of benzene rings is 1. The molecule has 0 aromatic heterocycles. The fraction of sp³-hybridized carbons (Fsp3) is 0.417. The number of para-hydroxylation sites is 1. The molecule has 0 radical (unpaired) electrons. The van der Waals surface area contributed by atoms with Gasteiger partial charge in [0.1, 0.15) is 5.75 Å². The van der Waals surface area contributed by atoms with Crippen molar-refractivity contribution in [3.05, 3.63) is 29.8 Å². The van der Waals surface area contributed by atoms with Crippen LogP contribution in [0.5, 0.6) is 5.75 Å². The van der Waals surface area contributed by atoms with Crippen LogP contribution in [0.1, 0.15) is 12.5 Å². The summed E-state index contributed by atoms with van der Waals surface area (Å²) in [5.74, 6) is 0.777. The minimum atomic E-state index is -0.326. The van der Waals surface area contributed by atoms with Crippen molar-refractivity contribution in [1.29, 1.82) is 0 Å². The van der Waals surface area contributed by atoms with Gasteiger partial charge in [0.25, 0.3) is 0 Å². The summed E-state index contributed by atoms with van der Waals surface area (Å²) in [6, 6.07) is 7.60. The van der Waals surface area contributed by atoms with Gasteiger partial charge < -0.3 is 14.4 Å². The van der Waals surface area contributed by atoms with Crippen molar-refractivity contribution < 1.29 is 14.3 Å². The van der Waals surface area contributed by atoms with E-state index in [-0.39, 0.29) is 6.09 Å². The first-order chi connectivity index (χ1) is 7.69. The summed E-state index contributed by atoms with van der Waals surface area (Å²) in [5, 5.41) is 0. The van der Waals surface area contributed by atoms with Gasteiger partial charge in [0, 0.05) is 12.6 Å². The Kier molecular flexibility index (Phi) is 4.64. The molecule has 1 rings (SSSR count). The maximum atomic E-state index is 11.4. The van der Waals surface area contributed by atoms with Crippen LogP contribution in [0, 0.1) is 0 Å².